The molecule has 0 unspecified atom stereocenters. The van der Waals surface area contributed by atoms with Crippen LogP contribution in [0, 0.1) is 28.4 Å². The molecule has 4 aromatic rings. The molecule has 1 aromatic heterocycles. The topological polar surface area (TPSA) is 101 Å². The molecule has 3 aromatic carbocycles. The molecule has 0 amide bonds. The molecule has 44 heavy (non-hydrogen) atoms. The van der Waals surface area contributed by atoms with E-state index in [4.69, 9.17) is 14.7 Å². The van der Waals surface area contributed by atoms with Crippen molar-refractivity contribution >= 4 is 17.0 Å². The summed E-state index contributed by atoms with van der Waals surface area (Å²) in [6.07, 6.45) is 2.90. The first-order chi connectivity index (χ1) is 21.3. The van der Waals surface area contributed by atoms with Crippen molar-refractivity contribution in [1.82, 2.24) is 14.5 Å². The predicted molar refractivity (Wildman–Crippen MR) is 155 cm³/mol. The SMILES string of the molecule is N#Cc1ccc(OCc2cccc(OC3CCN(Cc4nc5c(F)cc(C(=O)O)cc5n4CC4(CF)CC4)CC3)c2)c(F)c1. The van der Waals surface area contributed by atoms with Gasteiger partial charge in [0.05, 0.1) is 35.9 Å². The molecule has 1 N–H and O–H groups in total. The molecule has 1 aliphatic carbocycles. The van der Waals surface area contributed by atoms with Crippen LogP contribution in [0.15, 0.2) is 54.6 Å². The van der Waals surface area contributed by atoms with E-state index in [1.807, 2.05) is 30.3 Å². The molecule has 11 heteroatoms. The fourth-order valence-electron chi connectivity index (χ4n) is 5.63. The van der Waals surface area contributed by atoms with Gasteiger partial charge in [0.25, 0.3) is 0 Å². The molecule has 0 bridgehead atoms. The van der Waals surface area contributed by atoms with Gasteiger partial charge in [-0.2, -0.15) is 5.26 Å². The number of nitrogens with zero attached hydrogens (tertiary/aromatic N) is 4. The Balaban J connectivity index is 1.09. The van der Waals surface area contributed by atoms with Crippen LogP contribution in [0.4, 0.5) is 13.2 Å². The highest BCUT2D eigenvalue weighted by Crippen LogP contribution is 2.48. The normalized spacial score (nSPS) is 16.5. The molecule has 8 nitrogen and oxygen atoms in total. The van der Waals surface area contributed by atoms with E-state index in [1.54, 1.807) is 4.57 Å². The Labute approximate surface area is 252 Å². The lowest BCUT2D eigenvalue weighted by molar-refractivity contribution is 0.0696. The van der Waals surface area contributed by atoms with Crippen LogP contribution >= 0.6 is 0 Å². The highest BCUT2D eigenvalue weighted by atomic mass is 19.1. The Bertz CT molecular complexity index is 1740. The number of rotatable bonds is 11. The Hall–Kier alpha value is -4.56. The highest BCUT2D eigenvalue weighted by molar-refractivity contribution is 5.92. The summed E-state index contributed by atoms with van der Waals surface area (Å²) in [6.45, 7) is 1.80. The van der Waals surface area contributed by atoms with Gasteiger partial charge in [-0.05, 0) is 73.7 Å². The van der Waals surface area contributed by atoms with Gasteiger partial charge in [0, 0.05) is 25.0 Å². The number of carboxylic acid groups (broad SMARTS) is 1. The van der Waals surface area contributed by atoms with Crippen LogP contribution in [0.1, 0.15) is 53.0 Å². The Kier molecular flexibility index (Phi) is 8.19. The van der Waals surface area contributed by atoms with E-state index in [1.165, 1.54) is 18.2 Å². The van der Waals surface area contributed by atoms with E-state index in [-0.39, 0.29) is 35.1 Å². The summed E-state index contributed by atoms with van der Waals surface area (Å²) in [4.78, 5) is 18.3. The van der Waals surface area contributed by atoms with Crippen molar-refractivity contribution in [1.29, 1.82) is 5.26 Å². The third kappa shape index (κ3) is 6.36. The van der Waals surface area contributed by atoms with E-state index < -0.39 is 29.7 Å². The predicted octanol–water partition coefficient (Wildman–Crippen LogP) is 6.26. The number of imidazole rings is 1. The molecule has 0 radical (unpaired) electrons. The Morgan fingerprint density at radius 1 is 1.09 bits per heavy atom. The minimum absolute atomic E-state index is 0.0333. The van der Waals surface area contributed by atoms with Crippen LogP contribution in [-0.4, -0.2) is 51.4 Å². The maximum Gasteiger partial charge on any atom is 0.335 e. The zero-order valence-corrected chi connectivity index (χ0v) is 23.9. The van der Waals surface area contributed by atoms with Gasteiger partial charge in [0.15, 0.2) is 17.4 Å². The van der Waals surface area contributed by atoms with Crippen LogP contribution < -0.4 is 9.47 Å². The summed E-state index contributed by atoms with van der Waals surface area (Å²) >= 11 is 0. The molecule has 1 aliphatic heterocycles. The van der Waals surface area contributed by atoms with E-state index in [0.717, 1.165) is 43.4 Å². The molecule has 2 aliphatic rings. The number of carbonyl (C=O) groups is 1. The number of ether oxygens (including phenoxy) is 2. The number of halogens is 3. The third-order valence-corrected chi connectivity index (χ3v) is 8.42. The van der Waals surface area contributed by atoms with Crippen molar-refractivity contribution in [2.45, 2.75) is 51.5 Å². The number of aromatic carboxylic acids is 1. The highest BCUT2D eigenvalue weighted by Gasteiger charge is 2.44. The summed E-state index contributed by atoms with van der Waals surface area (Å²) in [7, 11) is 0. The van der Waals surface area contributed by atoms with Gasteiger partial charge in [-0.1, -0.05) is 12.1 Å². The lowest BCUT2D eigenvalue weighted by Gasteiger charge is -2.32. The quantitative estimate of drug-likeness (QED) is 0.216. The van der Waals surface area contributed by atoms with Gasteiger partial charge in [-0.25, -0.2) is 18.6 Å². The van der Waals surface area contributed by atoms with Crippen molar-refractivity contribution in [3.8, 4) is 17.6 Å². The second kappa shape index (κ2) is 12.2. The molecular formula is C33H31F3N4O4. The number of piperidine rings is 1. The largest absolute Gasteiger partial charge is 0.490 e. The number of carboxylic acids is 1. The molecule has 6 rings (SSSR count). The molecule has 0 atom stereocenters. The van der Waals surface area contributed by atoms with Crippen LogP contribution in [0.5, 0.6) is 11.5 Å². The van der Waals surface area contributed by atoms with E-state index in [0.29, 0.717) is 43.3 Å². The summed E-state index contributed by atoms with van der Waals surface area (Å²) in [6, 6.07) is 15.8. The summed E-state index contributed by atoms with van der Waals surface area (Å²) in [5, 5.41) is 18.4. The average Bonchev–Trinajstić information content (AvgIpc) is 3.72. The minimum atomic E-state index is -1.23. The monoisotopic (exact) mass is 604 g/mol. The summed E-state index contributed by atoms with van der Waals surface area (Å²) in [5.74, 6) is -1.19. The van der Waals surface area contributed by atoms with Gasteiger partial charge < -0.3 is 19.1 Å². The lowest BCUT2D eigenvalue weighted by Crippen LogP contribution is -2.38. The first-order valence-electron chi connectivity index (χ1n) is 14.5. The Morgan fingerprint density at radius 3 is 2.57 bits per heavy atom. The van der Waals surface area contributed by atoms with Crippen LogP contribution in [-0.2, 0) is 19.7 Å². The average molecular weight is 605 g/mol. The zero-order valence-electron chi connectivity index (χ0n) is 23.9. The van der Waals surface area contributed by atoms with Crippen molar-refractivity contribution in [3.63, 3.8) is 0 Å². The number of fused-ring (bicyclic) bond motifs is 1. The molecule has 1 saturated heterocycles. The van der Waals surface area contributed by atoms with Gasteiger partial charge in [-0.15, -0.1) is 0 Å². The number of alkyl halides is 1. The molecule has 0 spiro atoms. The van der Waals surface area contributed by atoms with Crippen LogP contribution in [0.2, 0.25) is 0 Å². The van der Waals surface area contributed by atoms with Crippen molar-refractivity contribution in [3.05, 3.63) is 88.7 Å². The zero-order chi connectivity index (χ0) is 30.8. The lowest BCUT2D eigenvalue weighted by atomic mass is 10.1. The number of likely N-dealkylation sites (tertiary alicyclic amines) is 1. The molecular weight excluding hydrogens is 573 g/mol. The number of benzene rings is 3. The Morgan fingerprint density at radius 2 is 1.89 bits per heavy atom. The van der Waals surface area contributed by atoms with Crippen molar-refractivity contribution in [2.75, 3.05) is 19.8 Å². The van der Waals surface area contributed by atoms with Gasteiger partial charge in [0.2, 0.25) is 0 Å². The second-order valence-corrected chi connectivity index (χ2v) is 11.7. The maximum atomic E-state index is 14.9. The first kappa shape index (κ1) is 29.5. The fourth-order valence-corrected chi connectivity index (χ4v) is 5.63. The first-order valence-corrected chi connectivity index (χ1v) is 14.5. The number of nitriles is 1. The van der Waals surface area contributed by atoms with Crippen LogP contribution in [0.25, 0.3) is 11.0 Å². The minimum Gasteiger partial charge on any atom is -0.490 e. The fraction of sp³-hybridized carbons (Fsp3) is 0.364. The number of aromatic nitrogens is 2. The van der Waals surface area contributed by atoms with E-state index >= 15 is 0 Å². The maximum absolute atomic E-state index is 14.9. The van der Waals surface area contributed by atoms with Crippen molar-refractivity contribution < 1.29 is 32.5 Å². The molecule has 2 fully saturated rings. The number of hydrogen-bond acceptors (Lipinski definition) is 6. The molecule has 2 heterocycles. The van der Waals surface area contributed by atoms with Crippen molar-refractivity contribution in [2.24, 2.45) is 5.41 Å². The molecule has 1 saturated carbocycles. The van der Waals surface area contributed by atoms with Gasteiger partial charge in [-0.3, -0.25) is 9.29 Å². The van der Waals surface area contributed by atoms with E-state index in [2.05, 4.69) is 9.88 Å². The third-order valence-electron chi connectivity index (χ3n) is 8.42. The smallest absolute Gasteiger partial charge is 0.335 e. The van der Waals surface area contributed by atoms with E-state index in [9.17, 15) is 23.1 Å². The van der Waals surface area contributed by atoms with Gasteiger partial charge in [0.1, 0.15) is 29.8 Å². The summed E-state index contributed by atoms with van der Waals surface area (Å²) in [5.41, 5.74) is 0.839. The van der Waals surface area contributed by atoms with Crippen LogP contribution in [0.3, 0.4) is 0 Å². The van der Waals surface area contributed by atoms with Gasteiger partial charge >= 0.3 is 5.97 Å². The molecule has 228 valence electrons. The number of hydrogen-bond donors (Lipinski definition) is 1. The summed E-state index contributed by atoms with van der Waals surface area (Å²) < 4.78 is 56.6. The standard InChI is InChI=1S/C33H31F3N4O4/c34-19-33(8-9-33)20-40-28-15-23(32(41)42)14-27(36)31(28)38-30(40)17-39-10-6-24(7-11-39)44-25-3-1-2-22(12-25)18-43-29-5-4-21(16-37)13-26(29)35/h1-5,12-15,24H,6-11,17-20H2,(H,41,42). The second-order valence-electron chi connectivity index (χ2n) is 11.7.